The van der Waals surface area contributed by atoms with E-state index in [0.717, 1.165) is 29.6 Å². The highest BCUT2D eigenvalue weighted by Gasteiger charge is 2.18. The summed E-state index contributed by atoms with van der Waals surface area (Å²) in [6, 6.07) is 10.1. The Kier molecular flexibility index (Phi) is 4.62. The van der Waals surface area contributed by atoms with Gasteiger partial charge < -0.3 is 15.8 Å². The van der Waals surface area contributed by atoms with Crippen LogP contribution in [-0.4, -0.2) is 29.1 Å². The molecular formula is C16H22N4O. The van der Waals surface area contributed by atoms with Gasteiger partial charge in [0.15, 0.2) is 5.84 Å². The molecule has 1 unspecified atom stereocenters. The number of hydrogen-bond donors (Lipinski definition) is 2. The number of hydrogen-bond acceptors (Lipinski definition) is 4. The van der Waals surface area contributed by atoms with Crippen molar-refractivity contribution in [1.29, 1.82) is 0 Å². The summed E-state index contributed by atoms with van der Waals surface area (Å²) in [5.74, 6) is 0.823. The van der Waals surface area contributed by atoms with Crippen molar-refractivity contribution < 1.29 is 5.21 Å². The van der Waals surface area contributed by atoms with Gasteiger partial charge in [-0.05, 0) is 25.5 Å². The van der Waals surface area contributed by atoms with Crippen molar-refractivity contribution in [3.8, 4) is 0 Å². The molecule has 0 radical (unpaired) electrons. The predicted octanol–water partition coefficient (Wildman–Crippen LogP) is 2.95. The van der Waals surface area contributed by atoms with Crippen molar-refractivity contribution in [3.05, 3.63) is 35.9 Å². The lowest BCUT2D eigenvalue weighted by atomic mass is 10.1. The number of para-hydroxylation sites is 1. The lowest BCUT2D eigenvalue weighted by molar-refractivity contribution is 0.318. The normalized spacial score (nSPS) is 13.4. The van der Waals surface area contributed by atoms with Crippen LogP contribution in [0.4, 0.5) is 5.82 Å². The van der Waals surface area contributed by atoms with E-state index in [-0.39, 0.29) is 5.84 Å². The smallest absolute Gasteiger partial charge is 0.173 e. The van der Waals surface area contributed by atoms with Gasteiger partial charge >= 0.3 is 0 Å². The van der Waals surface area contributed by atoms with Crippen LogP contribution in [0.15, 0.2) is 35.5 Å². The van der Waals surface area contributed by atoms with E-state index in [4.69, 9.17) is 15.9 Å². The molecule has 0 aliphatic rings. The molecule has 0 saturated carbocycles. The fourth-order valence-electron chi connectivity index (χ4n) is 2.44. The maximum Gasteiger partial charge on any atom is 0.173 e. The second kappa shape index (κ2) is 6.43. The van der Waals surface area contributed by atoms with E-state index in [1.165, 1.54) is 0 Å². The van der Waals surface area contributed by atoms with Crippen molar-refractivity contribution in [2.45, 2.75) is 32.7 Å². The van der Waals surface area contributed by atoms with Crippen molar-refractivity contribution >= 4 is 22.6 Å². The number of anilines is 1. The topological polar surface area (TPSA) is 74.7 Å². The minimum Gasteiger partial charge on any atom is -0.409 e. The zero-order valence-corrected chi connectivity index (χ0v) is 12.7. The van der Waals surface area contributed by atoms with E-state index in [1.807, 2.05) is 37.4 Å². The van der Waals surface area contributed by atoms with E-state index in [1.54, 1.807) is 0 Å². The molecular weight excluding hydrogens is 264 g/mol. The highest BCUT2D eigenvalue weighted by atomic mass is 16.4. The first-order chi connectivity index (χ1) is 10.1. The van der Waals surface area contributed by atoms with E-state index < -0.39 is 0 Å². The molecule has 1 aromatic heterocycles. The van der Waals surface area contributed by atoms with Gasteiger partial charge in [-0.2, -0.15) is 0 Å². The second-order valence-electron chi connectivity index (χ2n) is 5.29. The molecule has 0 fully saturated rings. The van der Waals surface area contributed by atoms with Crippen LogP contribution in [0, 0.1) is 0 Å². The average molecular weight is 286 g/mol. The lowest BCUT2D eigenvalue weighted by Gasteiger charge is -2.27. The lowest BCUT2D eigenvalue weighted by Crippen LogP contribution is -2.32. The van der Waals surface area contributed by atoms with Gasteiger partial charge in [0.1, 0.15) is 5.82 Å². The van der Waals surface area contributed by atoms with Crippen molar-refractivity contribution in [2.24, 2.45) is 10.9 Å². The van der Waals surface area contributed by atoms with Crippen molar-refractivity contribution in [2.75, 3.05) is 11.9 Å². The summed E-state index contributed by atoms with van der Waals surface area (Å²) >= 11 is 0. The van der Waals surface area contributed by atoms with Crippen molar-refractivity contribution in [3.63, 3.8) is 0 Å². The third kappa shape index (κ3) is 3.07. The average Bonchev–Trinajstić information content (AvgIpc) is 2.52. The van der Waals surface area contributed by atoms with Crippen LogP contribution in [0.3, 0.4) is 0 Å². The van der Waals surface area contributed by atoms with Gasteiger partial charge in [-0.3, -0.25) is 0 Å². The van der Waals surface area contributed by atoms with Gasteiger partial charge in [0.25, 0.3) is 0 Å². The third-order valence-electron chi connectivity index (χ3n) is 3.79. The Bertz CT molecular complexity index is 654. The van der Waals surface area contributed by atoms with Crippen LogP contribution in [0.2, 0.25) is 0 Å². The van der Waals surface area contributed by atoms with Gasteiger partial charge in [0.05, 0.1) is 11.1 Å². The van der Waals surface area contributed by atoms with Crippen LogP contribution in [0.5, 0.6) is 0 Å². The third-order valence-corrected chi connectivity index (χ3v) is 3.79. The Hall–Kier alpha value is -2.30. The summed E-state index contributed by atoms with van der Waals surface area (Å²) in [5.41, 5.74) is 7.39. The first-order valence-electron chi connectivity index (χ1n) is 7.19. The first-order valence-corrected chi connectivity index (χ1v) is 7.19. The van der Waals surface area contributed by atoms with Gasteiger partial charge in [0.2, 0.25) is 0 Å². The number of pyridine rings is 1. The van der Waals surface area contributed by atoms with Crippen LogP contribution < -0.4 is 10.6 Å². The minimum atomic E-state index is 0.0822. The number of rotatable bonds is 5. The fraction of sp³-hybridized carbons (Fsp3) is 0.375. The van der Waals surface area contributed by atoms with Crippen molar-refractivity contribution in [1.82, 2.24) is 4.98 Å². The molecule has 2 aromatic rings. The molecule has 3 N–H and O–H groups in total. The Balaban J connectivity index is 2.58. The van der Waals surface area contributed by atoms with Gasteiger partial charge in [-0.15, -0.1) is 0 Å². The fourth-order valence-corrected chi connectivity index (χ4v) is 2.44. The SMILES string of the molecule is CCCC(C)N(C)c1nc2ccccc2cc1C(N)=NO. The molecule has 21 heavy (non-hydrogen) atoms. The molecule has 0 aliphatic heterocycles. The zero-order valence-electron chi connectivity index (χ0n) is 12.7. The number of oxime groups is 1. The summed E-state index contributed by atoms with van der Waals surface area (Å²) in [6.07, 6.45) is 2.15. The monoisotopic (exact) mass is 286 g/mol. The number of fused-ring (bicyclic) bond motifs is 1. The molecule has 2 rings (SSSR count). The summed E-state index contributed by atoms with van der Waals surface area (Å²) in [6.45, 7) is 4.30. The summed E-state index contributed by atoms with van der Waals surface area (Å²) in [4.78, 5) is 6.79. The van der Waals surface area contributed by atoms with E-state index >= 15 is 0 Å². The maximum atomic E-state index is 9.03. The number of amidine groups is 1. The van der Waals surface area contributed by atoms with E-state index in [2.05, 4.69) is 23.9 Å². The molecule has 0 saturated heterocycles. The molecule has 0 aliphatic carbocycles. The number of benzene rings is 1. The van der Waals surface area contributed by atoms with Gasteiger partial charge in [0, 0.05) is 18.5 Å². The number of nitrogens with zero attached hydrogens (tertiary/aromatic N) is 3. The summed E-state index contributed by atoms with van der Waals surface area (Å²) < 4.78 is 0. The summed E-state index contributed by atoms with van der Waals surface area (Å²) in [7, 11) is 1.99. The van der Waals surface area contributed by atoms with Crippen LogP contribution >= 0.6 is 0 Å². The molecule has 112 valence electrons. The first kappa shape index (κ1) is 15.1. The van der Waals surface area contributed by atoms with E-state index in [0.29, 0.717) is 11.6 Å². The number of aromatic nitrogens is 1. The Morgan fingerprint density at radius 1 is 1.43 bits per heavy atom. The van der Waals surface area contributed by atoms with Gasteiger partial charge in [-0.25, -0.2) is 4.98 Å². The molecule has 0 spiro atoms. The molecule has 1 aromatic carbocycles. The summed E-state index contributed by atoms with van der Waals surface area (Å²) in [5, 5.41) is 13.1. The van der Waals surface area contributed by atoms with Crippen LogP contribution in [-0.2, 0) is 0 Å². The maximum absolute atomic E-state index is 9.03. The minimum absolute atomic E-state index is 0.0822. The highest BCUT2D eigenvalue weighted by Crippen LogP contribution is 2.25. The number of nitrogens with two attached hydrogens (primary N) is 1. The van der Waals surface area contributed by atoms with Crippen LogP contribution in [0.1, 0.15) is 32.3 Å². The molecule has 1 heterocycles. The molecule has 0 amide bonds. The molecule has 1 atom stereocenters. The Morgan fingerprint density at radius 2 is 2.14 bits per heavy atom. The van der Waals surface area contributed by atoms with Crippen LogP contribution in [0.25, 0.3) is 10.9 Å². The molecule has 5 heteroatoms. The zero-order chi connectivity index (χ0) is 15.4. The second-order valence-corrected chi connectivity index (χ2v) is 5.29. The Morgan fingerprint density at radius 3 is 2.81 bits per heavy atom. The quantitative estimate of drug-likeness (QED) is 0.383. The molecule has 0 bridgehead atoms. The highest BCUT2D eigenvalue weighted by molar-refractivity contribution is 6.04. The predicted molar refractivity (Wildman–Crippen MR) is 87.0 cm³/mol. The Labute approximate surface area is 125 Å². The van der Waals surface area contributed by atoms with Gasteiger partial charge in [-0.1, -0.05) is 36.7 Å². The molecule has 5 nitrogen and oxygen atoms in total. The standard InChI is InChI=1S/C16H22N4O/c1-4-7-11(2)20(3)16-13(15(17)19-21)10-12-8-5-6-9-14(12)18-16/h5-6,8-11,21H,4,7H2,1-3H3,(H2,17,19). The van der Waals surface area contributed by atoms with E-state index in [9.17, 15) is 0 Å². The largest absolute Gasteiger partial charge is 0.409 e.